The molecule has 1 saturated heterocycles. The van der Waals surface area contributed by atoms with Crippen molar-refractivity contribution in [2.24, 2.45) is 0 Å². The number of oxazole rings is 1. The van der Waals surface area contributed by atoms with Crippen molar-refractivity contribution in [1.29, 1.82) is 0 Å². The van der Waals surface area contributed by atoms with Gasteiger partial charge in [0, 0.05) is 49.4 Å². The van der Waals surface area contributed by atoms with E-state index in [1.54, 1.807) is 42.5 Å². The Bertz CT molecular complexity index is 1150. The number of nitrogens with zero attached hydrogens (tertiary/aromatic N) is 3. The summed E-state index contributed by atoms with van der Waals surface area (Å²) in [5.41, 5.74) is 1.30. The van der Waals surface area contributed by atoms with Crippen LogP contribution in [0.5, 0.6) is 5.75 Å². The maximum Gasteiger partial charge on any atom is 0.231 e. The van der Waals surface area contributed by atoms with Crippen LogP contribution in [0.25, 0.3) is 11.5 Å². The van der Waals surface area contributed by atoms with E-state index >= 15 is 0 Å². The third-order valence-electron chi connectivity index (χ3n) is 5.90. The van der Waals surface area contributed by atoms with E-state index in [-0.39, 0.29) is 28.9 Å². The summed E-state index contributed by atoms with van der Waals surface area (Å²) in [6, 6.07) is 11.8. The van der Waals surface area contributed by atoms with E-state index in [9.17, 15) is 9.59 Å². The van der Waals surface area contributed by atoms with E-state index in [1.165, 1.54) is 0 Å². The highest BCUT2D eigenvalue weighted by atomic mass is 35.5. The lowest BCUT2D eigenvalue weighted by atomic mass is 9.91. The van der Waals surface area contributed by atoms with Gasteiger partial charge in [-0.2, -0.15) is 0 Å². The van der Waals surface area contributed by atoms with Crippen LogP contribution in [0.3, 0.4) is 0 Å². The lowest BCUT2D eigenvalue weighted by Crippen LogP contribution is -2.45. The summed E-state index contributed by atoms with van der Waals surface area (Å²) in [5, 5.41) is 0.475. The van der Waals surface area contributed by atoms with Crippen LogP contribution in [-0.4, -0.2) is 72.7 Å². The minimum absolute atomic E-state index is 0.0313. The molecule has 0 unspecified atom stereocenters. The Kier molecular flexibility index (Phi) is 5.55. The molecule has 5 rings (SSSR count). The molecule has 0 N–H and O–H groups in total. The zero-order valence-electron chi connectivity index (χ0n) is 17.6. The minimum Gasteiger partial charge on any atom is -0.491 e. The topological polar surface area (TPSA) is 75.9 Å². The molecule has 2 heterocycles. The highest BCUT2D eigenvalue weighted by Gasteiger charge is 2.35. The van der Waals surface area contributed by atoms with Gasteiger partial charge in [0.1, 0.15) is 12.4 Å². The second-order valence-corrected chi connectivity index (χ2v) is 8.45. The van der Waals surface area contributed by atoms with Crippen LogP contribution in [0.15, 0.2) is 46.9 Å². The fourth-order valence-corrected chi connectivity index (χ4v) is 4.16. The van der Waals surface area contributed by atoms with E-state index in [0.29, 0.717) is 34.1 Å². The van der Waals surface area contributed by atoms with Gasteiger partial charge in [0.2, 0.25) is 23.2 Å². The number of ether oxygens (including phenoxy) is 1. The number of ketones is 2. The molecule has 1 fully saturated rings. The van der Waals surface area contributed by atoms with Crippen molar-refractivity contribution in [3.8, 4) is 17.2 Å². The molecule has 1 aliphatic carbocycles. The van der Waals surface area contributed by atoms with Gasteiger partial charge in [0.15, 0.2) is 5.69 Å². The molecular weight excluding hydrogens is 430 g/mol. The summed E-state index contributed by atoms with van der Waals surface area (Å²) < 4.78 is 11.7. The van der Waals surface area contributed by atoms with Crippen molar-refractivity contribution in [2.75, 3.05) is 46.4 Å². The predicted octanol–water partition coefficient (Wildman–Crippen LogP) is 3.40. The average Bonchev–Trinajstić information content (AvgIpc) is 3.26. The maximum atomic E-state index is 12.8. The van der Waals surface area contributed by atoms with Crippen LogP contribution in [-0.2, 0) is 0 Å². The normalized spacial score (nSPS) is 16.7. The molecule has 0 spiro atoms. The first-order valence-electron chi connectivity index (χ1n) is 10.5. The summed E-state index contributed by atoms with van der Waals surface area (Å²) in [5.74, 6) is 0.00561. The first-order chi connectivity index (χ1) is 15.5. The Hall–Kier alpha value is -3.00. The number of halogens is 1. The van der Waals surface area contributed by atoms with Crippen molar-refractivity contribution >= 4 is 23.2 Å². The SMILES string of the molecule is CN1CCN(CCOc2cc(-c3nc4c(o3)C(=O)c3ccccc3C4=O)ccc2Cl)CC1. The first kappa shape index (κ1) is 20.9. The molecule has 32 heavy (non-hydrogen) atoms. The number of hydrogen-bond acceptors (Lipinski definition) is 7. The number of likely N-dealkylation sites (N-methyl/N-ethyl adjacent to an activating group) is 1. The molecule has 7 nitrogen and oxygen atoms in total. The summed E-state index contributed by atoms with van der Waals surface area (Å²) in [6.07, 6.45) is 0. The summed E-state index contributed by atoms with van der Waals surface area (Å²) in [4.78, 5) is 34.6. The second-order valence-electron chi connectivity index (χ2n) is 8.04. The fraction of sp³-hybridized carbons (Fsp3) is 0.292. The Morgan fingerprint density at radius 1 is 1.03 bits per heavy atom. The number of hydrogen-bond donors (Lipinski definition) is 0. The van der Waals surface area contributed by atoms with E-state index in [2.05, 4.69) is 21.8 Å². The van der Waals surface area contributed by atoms with Crippen LogP contribution in [0.1, 0.15) is 32.2 Å². The Morgan fingerprint density at radius 3 is 2.50 bits per heavy atom. The molecule has 0 saturated carbocycles. The van der Waals surface area contributed by atoms with Gasteiger partial charge >= 0.3 is 0 Å². The van der Waals surface area contributed by atoms with Gasteiger partial charge in [-0.1, -0.05) is 35.9 Å². The highest BCUT2D eigenvalue weighted by Crippen LogP contribution is 2.34. The van der Waals surface area contributed by atoms with Gasteiger partial charge in [-0.15, -0.1) is 0 Å². The number of carbonyl (C=O) groups is 2. The molecule has 8 heteroatoms. The van der Waals surface area contributed by atoms with Crippen molar-refractivity contribution in [3.05, 3.63) is 70.1 Å². The molecule has 0 bridgehead atoms. The van der Waals surface area contributed by atoms with E-state index < -0.39 is 0 Å². The number of benzene rings is 2. The van der Waals surface area contributed by atoms with Crippen molar-refractivity contribution in [2.45, 2.75) is 0 Å². The molecule has 2 aliphatic rings. The molecule has 3 aromatic rings. The van der Waals surface area contributed by atoms with E-state index in [0.717, 1.165) is 32.7 Å². The molecule has 1 aromatic heterocycles. The van der Waals surface area contributed by atoms with Crippen LogP contribution in [0.2, 0.25) is 5.02 Å². The maximum absolute atomic E-state index is 12.8. The van der Waals surface area contributed by atoms with Gasteiger partial charge in [0.05, 0.1) is 5.02 Å². The molecular formula is C24H22ClN3O4. The molecule has 2 aromatic carbocycles. The molecule has 164 valence electrons. The van der Waals surface area contributed by atoms with Gasteiger partial charge < -0.3 is 14.1 Å². The highest BCUT2D eigenvalue weighted by molar-refractivity contribution is 6.32. The van der Waals surface area contributed by atoms with Gasteiger partial charge in [0.25, 0.3) is 0 Å². The van der Waals surface area contributed by atoms with Crippen LogP contribution >= 0.6 is 11.6 Å². The van der Waals surface area contributed by atoms with Crippen LogP contribution in [0, 0.1) is 0 Å². The Morgan fingerprint density at radius 2 is 1.75 bits per heavy atom. The Labute approximate surface area is 190 Å². The largest absolute Gasteiger partial charge is 0.491 e. The van der Waals surface area contributed by atoms with Crippen LogP contribution in [0.4, 0.5) is 0 Å². The van der Waals surface area contributed by atoms with E-state index in [4.69, 9.17) is 20.8 Å². The molecule has 1 aliphatic heterocycles. The lowest BCUT2D eigenvalue weighted by molar-refractivity contribution is 0.0959. The summed E-state index contributed by atoms with van der Waals surface area (Å²) in [7, 11) is 2.12. The zero-order chi connectivity index (χ0) is 22.2. The van der Waals surface area contributed by atoms with Crippen LogP contribution < -0.4 is 4.74 Å². The molecule has 0 amide bonds. The quantitative estimate of drug-likeness (QED) is 0.460. The molecule has 0 radical (unpaired) electrons. The number of piperazine rings is 1. The minimum atomic E-state index is -0.341. The molecule has 0 atom stereocenters. The van der Waals surface area contributed by atoms with Gasteiger partial charge in [-0.3, -0.25) is 14.5 Å². The average molecular weight is 452 g/mol. The standard InChI is InChI=1S/C24H22ClN3O4/c1-27-8-10-28(11-9-27)12-13-31-19-14-15(6-7-18(19)25)24-26-20-21(29)16-4-2-3-5-17(16)22(30)23(20)32-24/h2-7,14H,8-13H2,1H3. The number of carbonyl (C=O) groups excluding carboxylic acids is 2. The number of fused-ring (bicyclic) bond motifs is 2. The number of rotatable bonds is 5. The second kappa shape index (κ2) is 8.50. The van der Waals surface area contributed by atoms with Gasteiger partial charge in [-0.05, 0) is 25.2 Å². The fourth-order valence-electron chi connectivity index (χ4n) is 3.98. The monoisotopic (exact) mass is 451 g/mol. The Balaban J connectivity index is 1.35. The van der Waals surface area contributed by atoms with Crippen molar-refractivity contribution in [3.63, 3.8) is 0 Å². The van der Waals surface area contributed by atoms with Crippen molar-refractivity contribution in [1.82, 2.24) is 14.8 Å². The zero-order valence-corrected chi connectivity index (χ0v) is 18.4. The smallest absolute Gasteiger partial charge is 0.231 e. The third kappa shape index (κ3) is 3.83. The third-order valence-corrected chi connectivity index (χ3v) is 6.22. The first-order valence-corrected chi connectivity index (χ1v) is 10.9. The summed E-state index contributed by atoms with van der Waals surface area (Å²) >= 11 is 6.33. The van der Waals surface area contributed by atoms with Gasteiger partial charge in [-0.25, -0.2) is 4.98 Å². The summed E-state index contributed by atoms with van der Waals surface area (Å²) in [6.45, 7) is 5.43. The predicted molar refractivity (Wildman–Crippen MR) is 120 cm³/mol. The van der Waals surface area contributed by atoms with Crippen molar-refractivity contribution < 1.29 is 18.7 Å². The number of aromatic nitrogens is 1. The van der Waals surface area contributed by atoms with E-state index in [1.807, 2.05) is 0 Å². The lowest BCUT2D eigenvalue weighted by Gasteiger charge is -2.32.